The molecule has 2 aliphatic heterocycles. The highest BCUT2D eigenvalue weighted by Gasteiger charge is 2.38. The predicted octanol–water partition coefficient (Wildman–Crippen LogP) is 2.25. The second-order valence-corrected chi connectivity index (χ2v) is 6.69. The van der Waals surface area contributed by atoms with Gasteiger partial charge in [0.05, 0.1) is 12.0 Å². The highest BCUT2D eigenvalue weighted by molar-refractivity contribution is 5.25. The van der Waals surface area contributed by atoms with Crippen LogP contribution in [-0.4, -0.2) is 46.1 Å². The van der Waals surface area contributed by atoms with Crippen LogP contribution < -0.4 is 4.90 Å². The van der Waals surface area contributed by atoms with Crippen LogP contribution in [0.2, 0.25) is 0 Å². The lowest BCUT2D eigenvalue weighted by Gasteiger charge is -2.39. The maximum absolute atomic E-state index is 6.14. The van der Waals surface area contributed by atoms with Crippen molar-refractivity contribution in [1.82, 2.24) is 20.3 Å². The SMILES string of the molecule is Cc1noc([C@@H]2CCCO[C@H]2C2CCN(c3nnc(C)o3)CC2)n1. The molecule has 0 aromatic carbocycles. The highest BCUT2D eigenvalue weighted by Crippen LogP contribution is 2.38. The third-order valence-electron chi connectivity index (χ3n) is 5.02. The number of aromatic nitrogens is 4. The van der Waals surface area contributed by atoms with Crippen molar-refractivity contribution in [3.8, 4) is 0 Å². The molecule has 0 aliphatic carbocycles. The molecular formula is C16H23N5O3. The van der Waals surface area contributed by atoms with E-state index in [0.717, 1.165) is 51.3 Å². The summed E-state index contributed by atoms with van der Waals surface area (Å²) in [7, 11) is 0. The zero-order chi connectivity index (χ0) is 16.5. The fourth-order valence-corrected chi connectivity index (χ4v) is 3.83. The van der Waals surface area contributed by atoms with Crippen molar-refractivity contribution < 1.29 is 13.7 Å². The molecule has 4 heterocycles. The van der Waals surface area contributed by atoms with E-state index in [1.54, 1.807) is 0 Å². The van der Waals surface area contributed by atoms with Crippen molar-refractivity contribution in [3.63, 3.8) is 0 Å². The Morgan fingerprint density at radius 2 is 1.92 bits per heavy atom. The quantitative estimate of drug-likeness (QED) is 0.845. The number of hydrogen-bond acceptors (Lipinski definition) is 8. The summed E-state index contributed by atoms with van der Waals surface area (Å²) in [6.07, 6.45) is 4.33. The van der Waals surface area contributed by atoms with Gasteiger partial charge in [0.1, 0.15) is 0 Å². The normalized spacial score (nSPS) is 26.0. The topological polar surface area (TPSA) is 90.3 Å². The monoisotopic (exact) mass is 333 g/mol. The van der Waals surface area contributed by atoms with E-state index in [4.69, 9.17) is 13.7 Å². The Labute approximate surface area is 140 Å². The number of rotatable bonds is 3. The van der Waals surface area contributed by atoms with Crippen LogP contribution in [0.3, 0.4) is 0 Å². The van der Waals surface area contributed by atoms with Crippen molar-refractivity contribution in [2.75, 3.05) is 24.6 Å². The number of aryl methyl sites for hydroxylation is 2. The fourth-order valence-electron chi connectivity index (χ4n) is 3.83. The second-order valence-electron chi connectivity index (χ2n) is 6.69. The van der Waals surface area contributed by atoms with Gasteiger partial charge in [-0.3, -0.25) is 0 Å². The zero-order valence-corrected chi connectivity index (χ0v) is 14.1. The molecule has 2 fully saturated rings. The molecule has 2 aliphatic rings. The minimum absolute atomic E-state index is 0.158. The average molecular weight is 333 g/mol. The predicted molar refractivity (Wildman–Crippen MR) is 84.7 cm³/mol. The maximum atomic E-state index is 6.14. The Bertz CT molecular complexity index is 677. The van der Waals surface area contributed by atoms with Crippen LogP contribution >= 0.6 is 0 Å². The first-order valence-electron chi connectivity index (χ1n) is 8.67. The first-order chi connectivity index (χ1) is 11.7. The van der Waals surface area contributed by atoms with E-state index in [1.807, 2.05) is 13.8 Å². The largest absolute Gasteiger partial charge is 0.408 e. The summed E-state index contributed by atoms with van der Waals surface area (Å²) in [5, 5.41) is 12.0. The van der Waals surface area contributed by atoms with Crippen molar-refractivity contribution in [2.24, 2.45) is 5.92 Å². The van der Waals surface area contributed by atoms with Gasteiger partial charge < -0.3 is 18.6 Å². The maximum Gasteiger partial charge on any atom is 0.318 e. The fraction of sp³-hybridized carbons (Fsp3) is 0.750. The molecule has 24 heavy (non-hydrogen) atoms. The van der Waals surface area contributed by atoms with Gasteiger partial charge in [-0.1, -0.05) is 10.3 Å². The summed E-state index contributed by atoms with van der Waals surface area (Å²) in [6.45, 7) is 6.30. The number of nitrogens with zero attached hydrogens (tertiary/aromatic N) is 5. The van der Waals surface area contributed by atoms with E-state index in [0.29, 0.717) is 23.6 Å². The molecule has 4 rings (SSSR count). The van der Waals surface area contributed by atoms with Crippen molar-refractivity contribution in [3.05, 3.63) is 17.6 Å². The second kappa shape index (κ2) is 6.51. The van der Waals surface area contributed by atoms with Crippen LogP contribution in [0.25, 0.3) is 0 Å². The number of ether oxygens (including phenoxy) is 1. The molecule has 8 nitrogen and oxygen atoms in total. The van der Waals surface area contributed by atoms with E-state index in [-0.39, 0.29) is 12.0 Å². The van der Waals surface area contributed by atoms with Crippen LogP contribution in [0.1, 0.15) is 49.2 Å². The van der Waals surface area contributed by atoms with Gasteiger partial charge in [0.25, 0.3) is 0 Å². The molecule has 0 bridgehead atoms. The summed E-state index contributed by atoms with van der Waals surface area (Å²) in [5.41, 5.74) is 0. The van der Waals surface area contributed by atoms with Gasteiger partial charge in [-0.2, -0.15) is 4.98 Å². The third kappa shape index (κ3) is 3.02. The van der Waals surface area contributed by atoms with E-state index in [1.165, 1.54) is 0 Å². The molecule has 0 unspecified atom stereocenters. The minimum Gasteiger partial charge on any atom is -0.408 e. The summed E-state index contributed by atoms with van der Waals surface area (Å²) in [6, 6.07) is 0.625. The minimum atomic E-state index is 0.158. The van der Waals surface area contributed by atoms with Gasteiger partial charge in [0, 0.05) is 26.6 Å². The van der Waals surface area contributed by atoms with Gasteiger partial charge in [0.2, 0.25) is 11.8 Å². The highest BCUT2D eigenvalue weighted by atomic mass is 16.5. The molecule has 2 aromatic rings. The average Bonchev–Trinajstić information content (AvgIpc) is 3.24. The van der Waals surface area contributed by atoms with Gasteiger partial charge in [-0.15, -0.1) is 5.10 Å². The molecule has 2 aromatic heterocycles. The van der Waals surface area contributed by atoms with E-state index in [9.17, 15) is 0 Å². The van der Waals surface area contributed by atoms with Gasteiger partial charge in [0.15, 0.2) is 5.82 Å². The number of piperidine rings is 1. The van der Waals surface area contributed by atoms with E-state index < -0.39 is 0 Å². The van der Waals surface area contributed by atoms with Crippen molar-refractivity contribution in [2.45, 2.75) is 51.6 Å². The molecule has 8 heteroatoms. The Hall–Kier alpha value is -1.96. The first kappa shape index (κ1) is 15.6. The van der Waals surface area contributed by atoms with Crippen LogP contribution in [0.4, 0.5) is 6.01 Å². The number of hydrogen-bond donors (Lipinski definition) is 0. The first-order valence-corrected chi connectivity index (χ1v) is 8.67. The van der Waals surface area contributed by atoms with Crippen LogP contribution in [0.15, 0.2) is 8.94 Å². The molecule has 2 saturated heterocycles. The lowest BCUT2D eigenvalue weighted by Crippen LogP contribution is -2.42. The smallest absolute Gasteiger partial charge is 0.318 e. The van der Waals surface area contributed by atoms with Gasteiger partial charge >= 0.3 is 6.01 Å². The molecule has 0 N–H and O–H groups in total. The Morgan fingerprint density at radius 3 is 2.58 bits per heavy atom. The third-order valence-corrected chi connectivity index (χ3v) is 5.02. The summed E-state index contributed by atoms with van der Waals surface area (Å²) in [5.74, 6) is 2.72. The van der Waals surface area contributed by atoms with Gasteiger partial charge in [-0.05, 0) is 38.5 Å². The molecule has 0 saturated carbocycles. The Balaban J connectivity index is 1.43. The lowest BCUT2D eigenvalue weighted by atomic mass is 9.81. The van der Waals surface area contributed by atoms with E-state index >= 15 is 0 Å². The number of anilines is 1. The van der Waals surface area contributed by atoms with E-state index in [2.05, 4.69) is 25.2 Å². The lowest BCUT2D eigenvalue weighted by molar-refractivity contribution is -0.0491. The Kier molecular flexibility index (Phi) is 4.22. The zero-order valence-electron chi connectivity index (χ0n) is 14.1. The van der Waals surface area contributed by atoms with Crippen LogP contribution in [0.5, 0.6) is 0 Å². The summed E-state index contributed by atoms with van der Waals surface area (Å²) in [4.78, 5) is 6.60. The Morgan fingerprint density at radius 1 is 1.08 bits per heavy atom. The van der Waals surface area contributed by atoms with Crippen LogP contribution in [-0.2, 0) is 4.74 Å². The standard InChI is InChI=1S/C16H23N5O3/c1-10-17-15(24-20-10)13-4-3-9-22-14(13)12-5-7-21(8-6-12)16-19-18-11(2)23-16/h12-14H,3-9H2,1-2H3/t13-,14+/m1/s1. The molecule has 2 atom stereocenters. The molecule has 0 radical (unpaired) electrons. The molecule has 0 amide bonds. The van der Waals surface area contributed by atoms with Crippen molar-refractivity contribution in [1.29, 1.82) is 0 Å². The molecule has 0 spiro atoms. The molecular weight excluding hydrogens is 310 g/mol. The summed E-state index contributed by atoms with van der Waals surface area (Å²) < 4.78 is 17.1. The molecule has 130 valence electrons. The van der Waals surface area contributed by atoms with Crippen LogP contribution in [0, 0.1) is 19.8 Å². The van der Waals surface area contributed by atoms with Crippen molar-refractivity contribution >= 4 is 6.01 Å². The van der Waals surface area contributed by atoms with Gasteiger partial charge in [-0.25, -0.2) is 0 Å². The summed E-state index contributed by atoms with van der Waals surface area (Å²) >= 11 is 0.